The molecule has 2 fully saturated rings. The van der Waals surface area contributed by atoms with Crippen LogP contribution in [0.3, 0.4) is 0 Å². The molecule has 0 aliphatic carbocycles. The van der Waals surface area contributed by atoms with Gasteiger partial charge in [-0.2, -0.15) is 0 Å². The van der Waals surface area contributed by atoms with Crippen LogP contribution in [0.5, 0.6) is 5.75 Å². The van der Waals surface area contributed by atoms with Crippen molar-refractivity contribution in [2.45, 2.75) is 12.5 Å². The SMILES string of the molecule is O=C1COc2ccc(N3C[C@H](CNC[C@@H]4CCNC4)OC3=O)nc2N1. The molecule has 2 atom stereocenters. The zero-order valence-electron chi connectivity index (χ0n) is 13.8. The number of anilines is 2. The van der Waals surface area contributed by atoms with Crippen LogP contribution in [0.15, 0.2) is 12.1 Å². The van der Waals surface area contributed by atoms with Crippen LogP contribution in [-0.2, 0) is 9.53 Å². The predicted octanol–water partition coefficient (Wildman–Crippen LogP) is -0.0632. The van der Waals surface area contributed by atoms with Gasteiger partial charge in [0.25, 0.3) is 5.91 Å². The van der Waals surface area contributed by atoms with E-state index < -0.39 is 6.09 Å². The first-order valence-corrected chi connectivity index (χ1v) is 8.52. The van der Waals surface area contributed by atoms with E-state index in [1.165, 1.54) is 11.3 Å². The van der Waals surface area contributed by atoms with E-state index in [0.717, 1.165) is 19.6 Å². The van der Waals surface area contributed by atoms with E-state index in [9.17, 15) is 9.59 Å². The summed E-state index contributed by atoms with van der Waals surface area (Å²) in [5.41, 5.74) is 0. The standard InChI is InChI=1S/C16H21N5O4/c22-14-9-24-12-1-2-13(19-15(12)20-14)21-8-11(25-16(21)23)7-18-6-10-3-4-17-5-10/h1-2,10-11,17-18H,3-9H2,(H,19,20,22)/t10-,11+/m1/s1. The highest BCUT2D eigenvalue weighted by atomic mass is 16.6. The van der Waals surface area contributed by atoms with E-state index in [-0.39, 0.29) is 18.6 Å². The second-order valence-electron chi connectivity index (χ2n) is 6.49. The van der Waals surface area contributed by atoms with Crippen LogP contribution >= 0.6 is 0 Å². The molecule has 3 aliphatic rings. The van der Waals surface area contributed by atoms with Crippen molar-refractivity contribution < 1.29 is 19.1 Å². The monoisotopic (exact) mass is 347 g/mol. The largest absolute Gasteiger partial charge is 0.480 e. The van der Waals surface area contributed by atoms with Gasteiger partial charge in [0.1, 0.15) is 11.9 Å². The Morgan fingerprint density at radius 1 is 1.32 bits per heavy atom. The van der Waals surface area contributed by atoms with Crippen LogP contribution in [0.4, 0.5) is 16.4 Å². The van der Waals surface area contributed by atoms with Crippen LogP contribution in [-0.4, -0.2) is 62.4 Å². The van der Waals surface area contributed by atoms with Crippen molar-refractivity contribution in [3.8, 4) is 5.75 Å². The highest BCUT2D eigenvalue weighted by Crippen LogP contribution is 2.29. The molecule has 3 N–H and O–H groups in total. The number of carbonyl (C=O) groups is 2. The quantitative estimate of drug-likeness (QED) is 0.685. The lowest BCUT2D eigenvalue weighted by molar-refractivity contribution is -0.118. The van der Waals surface area contributed by atoms with E-state index in [1.54, 1.807) is 12.1 Å². The maximum absolute atomic E-state index is 12.1. The third-order valence-corrected chi connectivity index (χ3v) is 4.58. The summed E-state index contributed by atoms with van der Waals surface area (Å²) in [7, 11) is 0. The number of cyclic esters (lactones) is 1. The first-order valence-electron chi connectivity index (χ1n) is 8.52. The predicted molar refractivity (Wildman–Crippen MR) is 89.8 cm³/mol. The first-order chi connectivity index (χ1) is 12.2. The molecule has 0 aromatic carbocycles. The summed E-state index contributed by atoms with van der Waals surface area (Å²) < 4.78 is 10.7. The zero-order chi connectivity index (χ0) is 17.2. The highest BCUT2D eigenvalue weighted by Gasteiger charge is 2.34. The molecule has 134 valence electrons. The molecular formula is C16H21N5O4. The van der Waals surface area contributed by atoms with Gasteiger partial charge in [-0.3, -0.25) is 9.69 Å². The molecule has 2 amide bonds. The molecule has 0 radical (unpaired) electrons. The normalized spacial score (nSPS) is 25.4. The summed E-state index contributed by atoms with van der Waals surface area (Å²) in [6, 6.07) is 3.39. The van der Waals surface area contributed by atoms with Gasteiger partial charge in [-0.25, -0.2) is 9.78 Å². The third-order valence-electron chi connectivity index (χ3n) is 4.58. The van der Waals surface area contributed by atoms with E-state index in [2.05, 4.69) is 20.9 Å². The number of nitrogens with zero attached hydrogens (tertiary/aromatic N) is 2. The van der Waals surface area contributed by atoms with Gasteiger partial charge in [-0.05, 0) is 44.1 Å². The van der Waals surface area contributed by atoms with Gasteiger partial charge in [0, 0.05) is 6.54 Å². The number of rotatable bonds is 5. The Bertz CT molecular complexity index is 676. The summed E-state index contributed by atoms with van der Waals surface area (Å²) in [5.74, 6) is 1.65. The van der Waals surface area contributed by atoms with Gasteiger partial charge in [-0.15, -0.1) is 0 Å². The number of aromatic nitrogens is 1. The summed E-state index contributed by atoms with van der Waals surface area (Å²) in [6.45, 7) is 4.05. The molecule has 0 saturated carbocycles. The Kier molecular flexibility index (Phi) is 4.41. The van der Waals surface area contributed by atoms with Gasteiger partial charge >= 0.3 is 6.09 Å². The zero-order valence-corrected chi connectivity index (χ0v) is 13.8. The molecule has 1 aromatic heterocycles. The van der Waals surface area contributed by atoms with Crippen LogP contribution in [0.1, 0.15) is 6.42 Å². The summed E-state index contributed by atoms with van der Waals surface area (Å²) in [4.78, 5) is 29.3. The Morgan fingerprint density at radius 2 is 2.24 bits per heavy atom. The van der Waals surface area contributed by atoms with Crippen molar-refractivity contribution in [3.05, 3.63) is 12.1 Å². The fraction of sp³-hybridized carbons (Fsp3) is 0.562. The number of amides is 2. The Balaban J connectivity index is 1.35. The second-order valence-corrected chi connectivity index (χ2v) is 6.49. The van der Waals surface area contributed by atoms with Crippen molar-refractivity contribution in [1.29, 1.82) is 0 Å². The molecule has 0 spiro atoms. The van der Waals surface area contributed by atoms with E-state index in [1.807, 2.05) is 0 Å². The van der Waals surface area contributed by atoms with Crippen molar-refractivity contribution in [2.24, 2.45) is 5.92 Å². The van der Waals surface area contributed by atoms with Crippen LogP contribution in [0.25, 0.3) is 0 Å². The minimum atomic E-state index is -0.426. The molecule has 0 bridgehead atoms. The van der Waals surface area contributed by atoms with Crippen LogP contribution in [0, 0.1) is 5.92 Å². The van der Waals surface area contributed by atoms with Crippen LogP contribution in [0.2, 0.25) is 0 Å². The lowest BCUT2D eigenvalue weighted by atomic mass is 10.1. The fourth-order valence-corrected chi connectivity index (χ4v) is 3.26. The Labute approximate surface area is 145 Å². The van der Waals surface area contributed by atoms with Gasteiger partial charge in [0.05, 0.1) is 6.54 Å². The number of hydrogen-bond donors (Lipinski definition) is 3. The van der Waals surface area contributed by atoms with E-state index in [4.69, 9.17) is 9.47 Å². The van der Waals surface area contributed by atoms with Gasteiger partial charge in [0.2, 0.25) is 0 Å². The Hall–Kier alpha value is -2.39. The average molecular weight is 347 g/mol. The van der Waals surface area contributed by atoms with Crippen molar-refractivity contribution in [1.82, 2.24) is 15.6 Å². The molecule has 9 nitrogen and oxygen atoms in total. The number of carbonyl (C=O) groups excluding carboxylic acids is 2. The van der Waals surface area contributed by atoms with Gasteiger partial charge in [0.15, 0.2) is 18.2 Å². The summed E-state index contributed by atoms with van der Waals surface area (Å²) in [5, 5.41) is 9.35. The Morgan fingerprint density at radius 3 is 3.08 bits per heavy atom. The van der Waals surface area contributed by atoms with Crippen LogP contribution < -0.4 is 25.6 Å². The van der Waals surface area contributed by atoms with Gasteiger partial charge in [-0.1, -0.05) is 0 Å². The number of ether oxygens (including phenoxy) is 2. The smallest absolute Gasteiger partial charge is 0.416 e. The average Bonchev–Trinajstić information content (AvgIpc) is 3.24. The summed E-state index contributed by atoms with van der Waals surface area (Å²) in [6.07, 6.45) is 0.534. The minimum Gasteiger partial charge on any atom is -0.480 e. The second kappa shape index (κ2) is 6.85. The number of nitrogens with one attached hydrogen (secondary N) is 3. The maximum atomic E-state index is 12.1. The maximum Gasteiger partial charge on any atom is 0.416 e. The van der Waals surface area contributed by atoms with Crippen molar-refractivity contribution >= 4 is 23.6 Å². The third kappa shape index (κ3) is 3.52. The lowest BCUT2D eigenvalue weighted by Crippen LogP contribution is -2.34. The minimum absolute atomic E-state index is 0.0238. The van der Waals surface area contributed by atoms with Gasteiger partial charge < -0.3 is 25.4 Å². The lowest BCUT2D eigenvalue weighted by Gasteiger charge is -2.19. The molecule has 4 heterocycles. The number of pyridine rings is 1. The molecule has 4 rings (SSSR count). The number of fused-ring (bicyclic) bond motifs is 1. The highest BCUT2D eigenvalue weighted by molar-refractivity contribution is 5.95. The molecular weight excluding hydrogens is 326 g/mol. The molecule has 2 saturated heterocycles. The fourth-order valence-electron chi connectivity index (χ4n) is 3.26. The summed E-state index contributed by atoms with van der Waals surface area (Å²) >= 11 is 0. The van der Waals surface area contributed by atoms with E-state index >= 15 is 0 Å². The number of hydrogen-bond acceptors (Lipinski definition) is 7. The molecule has 25 heavy (non-hydrogen) atoms. The molecule has 3 aliphatic heterocycles. The van der Waals surface area contributed by atoms with Crippen molar-refractivity contribution in [2.75, 3.05) is 49.5 Å². The first kappa shape index (κ1) is 16.1. The van der Waals surface area contributed by atoms with E-state index in [0.29, 0.717) is 36.4 Å². The topological polar surface area (TPSA) is 105 Å². The molecule has 9 heteroatoms. The molecule has 1 aromatic rings. The van der Waals surface area contributed by atoms with Crippen molar-refractivity contribution in [3.63, 3.8) is 0 Å². The molecule has 0 unspecified atom stereocenters.